The molecule has 1 amide bonds. The van der Waals surface area contributed by atoms with Crippen molar-refractivity contribution in [1.82, 2.24) is 9.44 Å². The van der Waals surface area contributed by atoms with Gasteiger partial charge in [0.25, 0.3) is 0 Å². The normalized spacial score (nSPS) is 23.6. The van der Waals surface area contributed by atoms with Crippen molar-refractivity contribution >= 4 is 22.3 Å². The van der Waals surface area contributed by atoms with Crippen molar-refractivity contribution in [3.63, 3.8) is 0 Å². The molecule has 1 heterocycles. The van der Waals surface area contributed by atoms with Crippen LogP contribution in [0.1, 0.15) is 13.3 Å². The molecule has 0 aromatic rings. The highest BCUT2D eigenvalue weighted by Gasteiger charge is 2.46. The molecule has 104 valence electrons. The summed E-state index contributed by atoms with van der Waals surface area (Å²) in [7, 11) is -4.33. The maximum absolute atomic E-state index is 11.5. The highest BCUT2D eigenvalue weighted by Crippen LogP contribution is 2.19. The Morgan fingerprint density at radius 1 is 1.50 bits per heavy atom. The van der Waals surface area contributed by atoms with Gasteiger partial charge in [-0.05, 0) is 6.92 Å². The van der Waals surface area contributed by atoms with Crippen molar-refractivity contribution in [3.8, 4) is 0 Å². The van der Waals surface area contributed by atoms with E-state index >= 15 is 0 Å². The third kappa shape index (κ3) is 3.55. The van der Waals surface area contributed by atoms with Crippen molar-refractivity contribution in [1.29, 1.82) is 0 Å². The van der Waals surface area contributed by atoms with Crippen molar-refractivity contribution in [3.05, 3.63) is 0 Å². The maximum Gasteiger partial charge on any atom is 0.421 e. The summed E-state index contributed by atoms with van der Waals surface area (Å²) in [5.41, 5.74) is -1.75. The summed E-state index contributed by atoms with van der Waals surface area (Å²) >= 11 is 0. The number of carboxylic acid groups (broad SMARTS) is 1. The number of hydrogen-bond donors (Lipinski definition) is 3. The van der Waals surface area contributed by atoms with Gasteiger partial charge in [-0.3, -0.25) is 4.79 Å². The summed E-state index contributed by atoms with van der Waals surface area (Å²) in [5, 5.41) is 9.01. The Kier molecular flexibility index (Phi) is 4.48. The van der Waals surface area contributed by atoms with E-state index in [0.717, 1.165) is 0 Å². The number of rotatable bonds is 5. The zero-order valence-corrected chi connectivity index (χ0v) is 10.4. The second-order valence-corrected chi connectivity index (χ2v) is 5.03. The fourth-order valence-electron chi connectivity index (χ4n) is 1.41. The zero-order chi connectivity index (χ0) is 13.8. The van der Waals surface area contributed by atoms with E-state index in [-0.39, 0.29) is 26.2 Å². The van der Waals surface area contributed by atoms with Gasteiger partial charge in [0.1, 0.15) is 0 Å². The Bertz CT molecular complexity index is 427. The van der Waals surface area contributed by atoms with Crippen LogP contribution in [0.4, 0.5) is 4.79 Å². The minimum atomic E-state index is -4.33. The van der Waals surface area contributed by atoms with E-state index in [4.69, 9.17) is 9.84 Å². The second-order valence-electron chi connectivity index (χ2n) is 3.62. The molecular formula is C8H14N2O7S. The molecule has 1 fully saturated rings. The first-order valence-corrected chi connectivity index (χ1v) is 6.59. The molecule has 1 atom stereocenters. The fourth-order valence-corrected chi connectivity index (χ4v) is 2.50. The van der Waals surface area contributed by atoms with Crippen LogP contribution in [0.15, 0.2) is 0 Å². The summed E-state index contributed by atoms with van der Waals surface area (Å²) in [6, 6.07) is 0. The molecule has 0 aliphatic carbocycles. The molecule has 1 rings (SSSR count). The van der Waals surface area contributed by atoms with Crippen LogP contribution in [0.25, 0.3) is 0 Å². The van der Waals surface area contributed by atoms with Crippen LogP contribution >= 0.6 is 0 Å². The number of carboxylic acids is 1. The molecule has 0 spiro atoms. The first kappa shape index (κ1) is 14.7. The lowest BCUT2D eigenvalue weighted by molar-refractivity contribution is -0.144. The van der Waals surface area contributed by atoms with Crippen LogP contribution in [-0.2, 0) is 24.5 Å². The monoisotopic (exact) mass is 282 g/mol. The topological polar surface area (TPSA) is 131 Å². The van der Waals surface area contributed by atoms with Gasteiger partial charge in [0.05, 0.1) is 13.2 Å². The summed E-state index contributed by atoms with van der Waals surface area (Å²) in [6.45, 7) is 1.32. The molecule has 9 nitrogen and oxygen atoms in total. The van der Waals surface area contributed by atoms with Crippen molar-refractivity contribution in [2.45, 2.75) is 18.9 Å². The lowest BCUT2D eigenvalue weighted by Crippen LogP contribution is -2.58. The predicted molar refractivity (Wildman–Crippen MR) is 58.0 cm³/mol. The maximum atomic E-state index is 11.5. The molecule has 10 heteroatoms. The van der Waals surface area contributed by atoms with Gasteiger partial charge >= 0.3 is 22.3 Å². The Balaban J connectivity index is 2.75. The summed E-state index contributed by atoms with van der Waals surface area (Å²) in [6.07, 6.45) is -1.20. The smallest absolute Gasteiger partial charge is 0.421 e. The first-order valence-electron chi connectivity index (χ1n) is 5.11. The van der Waals surface area contributed by atoms with E-state index in [1.165, 1.54) is 6.92 Å². The SMILES string of the molecule is CCOC(=O)NS(=O)(=O)NC1(C(=O)O)CCOC1. The quantitative estimate of drug-likeness (QED) is 0.577. The fraction of sp³-hybridized carbons (Fsp3) is 0.750. The van der Waals surface area contributed by atoms with Crippen LogP contribution in [0.2, 0.25) is 0 Å². The van der Waals surface area contributed by atoms with E-state index in [0.29, 0.717) is 0 Å². The van der Waals surface area contributed by atoms with E-state index in [1.807, 2.05) is 4.72 Å². The minimum Gasteiger partial charge on any atom is -0.480 e. The van der Waals surface area contributed by atoms with Crippen molar-refractivity contribution in [2.24, 2.45) is 0 Å². The lowest BCUT2D eigenvalue weighted by Gasteiger charge is -2.23. The third-order valence-electron chi connectivity index (χ3n) is 2.25. The van der Waals surface area contributed by atoms with Gasteiger partial charge in [-0.25, -0.2) is 9.52 Å². The van der Waals surface area contributed by atoms with Gasteiger partial charge < -0.3 is 14.6 Å². The van der Waals surface area contributed by atoms with E-state index in [1.54, 1.807) is 4.72 Å². The molecule has 1 aliphatic rings. The van der Waals surface area contributed by atoms with Gasteiger partial charge in [0, 0.05) is 13.0 Å². The summed E-state index contributed by atoms with van der Waals surface area (Å²) in [5.74, 6) is -1.37. The van der Waals surface area contributed by atoms with Gasteiger partial charge in [0.2, 0.25) is 0 Å². The molecule has 0 radical (unpaired) electrons. The van der Waals surface area contributed by atoms with Crippen LogP contribution in [0, 0.1) is 0 Å². The summed E-state index contributed by atoms with van der Waals surface area (Å²) < 4.78 is 35.8. The molecule has 1 unspecified atom stereocenters. The van der Waals surface area contributed by atoms with Gasteiger partial charge in [-0.15, -0.1) is 0 Å². The molecule has 3 N–H and O–H groups in total. The number of amides is 1. The van der Waals surface area contributed by atoms with Crippen LogP contribution in [0.3, 0.4) is 0 Å². The minimum absolute atomic E-state index is 0.00542. The zero-order valence-electron chi connectivity index (χ0n) is 9.63. The van der Waals surface area contributed by atoms with Gasteiger partial charge in [-0.2, -0.15) is 13.1 Å². The first-order chi connectivity index (χ1) is 8.31. The highest BCUT2D eigenvalue weighted by atomic mass is 32.2. The summed E-state index contributed by atoms with van der Waals surface area (Å²) in [4.78, 5) is 22.0. The molecule has 0 aromatic carbocycles. The standard InChI is InChI=1S/C8H14N2O7S/c1-2-17-7(13)9-18(14,15)10-8(6(11)12)3-4-16-5-8/h10H,2-5H2,1H3,(H,9,13)(H,11,12). The van der Waals surface area contributed by atoms with Crippen LogP contribution < -0.4 is 9.44 Å². The lowest BCUT2D eigenvalue weighted by atomic mass is 10.0. The second kappa shape index (κ2) is 5.50. The number of nitrogens with one attached hydrogen (secondary N) is 2. The number of carbonyl (C=O) groups excluding carboxylic acids is 1. The van der Waals surface area contributed by atoms with E-state index < -0.39 is 27.8 Å². The average molecular weight is 282 g/mol. The Morgan fingerprint density at radius 2 is 2.17 bits per heavy atom. The third-order valence-corrected chi connectivity index (χ3v) is 3.35. The predicted octanol–water partition coefficient (Wildman–Crippen LogP) is -1.19. The molecule has 18 heavy (non-hydrogen) atoms. The molecular weight excluding hydrogens is 268 g/mol. The molecule has 1 saturated heterocycles. The number of hydrogen-bond acceptors (Lipinski definition) is 6. The number of carbonyl (C=O) groups is 2. The molecule has 0 aromatic heterocycles. The molecule has 0 saturated carbocycles. The number of aliphatic carboxylic acids is 1. The Labute approximate surface area is 104 Å². The number of ether oxygens (including phenoxy) is 2. The Morgan fingerprint density at radius 3 is 2.61 bits per heavy atom. The van der Waals surface area contributed by atoms with Crippen molar-refractivity contribution < 1.29 is 32.6 Å². The average Bonchev–Trinajstić information content (AvgIpc) is 2.65. The Hall–Kier alpha value is -1.39. The van der Waals surface area contributed by atoms with Crippen LogP contribution in [0.5, 0.6) is 0 Å². The molecule has 1 aliphatic heterocycles. The van der Waals surface area contributed by atoms with Gasteiger partial charge in [0.15, 0.2) is 5.54 Å². The van der Waals surface area contributed by atoms with E-state index in [9.17, 15) is 18.0 Å². The van der Waals surface area contributed by atoms with Crippen LogP contribution in [-0.4, -0.2) is 50.9 Å². The largest absolute Gasteiger partial charge is 0.480 e. The van der Waals surface area contributed by atoms with Crippen molar-refractivity contribution in [2.75, 3.05) is 19.8 Å². The van der Waals surface area contributed by atoms with Gasteiger partial charge in [-0.1, -0.05) is 0 Å². The molecule has 0 bridgehead atoms. The highest BCUT2D eigenvalue weighted by molar-refractivity contribution is 7.88. The van der Waals surface area contributed by atoms with E-state index in [2.05, 4.69) is 4.74 Å².